The van der Waals surface area contributed by atoms with E-state index in [2.05, 4.69) is 0 Å². The van der Waals surface area contributed by atoms with Crippen LogP contribution in [0.25, 0.3) is 0 Å². The Kier molecular flexibility index (Phi) is 8.07. The summed E-state index contributed by atoms with van der Waals surface area (Å²) in [7, 11) is 1.60. The van der Waals surface area contributed by atoms with Crippen LogP contribution >= 0.6 is 0 Å². The lowest BCUT2D eigenvalue weighted by Crippen LogP contribution is -2.37. The number of carbonyl (C=O) groups excluding carboxylic acids is 2. The van der Waals surface area contributed by atoms with Gasteiger partial charge < -0.3 is 19.3 Å². The van der Waals surface area contributed by atoms with E-state index in [1.165, 1.54) is 0 Å². The second kappa shape index (κ2) is 10.5. The van der Waals surface area contributed by atoms with E-state index in [1.54, 1.807) is 31.9 Å². The maximum absolute atomic E-state index is 12.8. The van der Waals surface area contributed by atoms with Crippen LogP contribution in [-0.4, -0.2) is 49.6 Å². The van der Waals surface area contributed by atoms with Crippen LogP contribution in [-0.2, 0) is 9.53 Å². The van der Waals surface area contributed by atoms with Crippen LogP contribution in [0.3, 0.4) is 0 Å². The van der Waals surface area contributed by atoms with E-state index in [4.69, 9.17) is 9.47 Å². The molecule has 2 rings (SSSR count). The number of amides is 1. The van der Waals surface area contributed by atoms with Crippen molar-refractivity contribution in [2.24, 2.45) is 0 Å². The number of rotatable bonds is 9. The molecule has 0 bridgehead atoms. The highest BCUT2D eigenvalue weighted by Crippen LogP contribution is 2.31. The normalized spacial score (nSPS) is 11.5. The van der Waals surface area contributed by atoms with Crippen LogP contribution in [0.15, 0.2) is 48.5 Å². The van der Waals surface area contributed by atoms with E-state index >= 15 is 0 Å². The summed E-state index contributed by atoms with van der Waals surface area (Å²) in [5.41, 5.74) is 2.09. The van der Waals surface area contributed by atoms with Crippen molar-refractivity contribution in [3.8, 4) is 5.75 Å². The summed E-state index contributed by atoms with van der Waals surface area (Å²) in [6, 6.07) is 14.2. The average Bonchev–Trinajstić information content (AvgIpc) is 2.75. The van der Waals surface area contributed by atoms with E-state index in [0.717, 1.165) is 11.4 Å². The summed E-state index contributed by atoms with van der Waals surface area (Å²) in [4.78, 5) is 29.0. The lowest BCUT2D eigenvalue weighted by Gasteiger charge is -2.30. The van der Waals surface area contributed by atoms with E-state index in [1.807, 2.05) is 61.2 Å². The molecule has 6 heteroatoms. The number of esters is 1. The van der Waals surface area contributed by atoms with E-state index < -0.39 is 6.04 Å². The van der Waals surface area contributed by atoms with Crippen LogP contribution in [0, 0.1) is 0 Å². The predicted molar refractivity (Wildman–Crippen MR) is 115 cm³/mol. The van der Waals surface area contributed by atoms with Crippen molar-refractivity contribution in [2.75, 3.05) is 31.7 Å². The Morgan fingerprint density at radius 2 is 1.59 bits per heavy atom. The molecule has 0 saturated heterocycles. The number of hydrogen-bond acceptors (Lipinski definition) is 5. The first-order chi connectivity index (χ1) is 14.0. The van der Waals surface area contributed by atoms with Gasteiger partial charge in [-0.25, -0.2) is 4.79 Å². The zero-order valence-electron chi connectivity index (χ0n) is 17.8. The molecule has 0 heterocycles. The van der Waals surface area contributed by atoms with Gasteiger partial charge in [0, 0.05) is 36.1 Å². The van der Waals surface area contributed by atoms with Gasteiger partial charge in [0.15, 0.2) is 0 Å². The highest BCUT2D eigenvalue weighted by Gasteiger charge is 2.26. The maximum atomic E-state index is 12.8. The lowest BCUT2D eigenvalue weighted by atomic mass is 10.1. The number of ether oxygens (including phenoxy) is 2. The molecule has 0 fully saturated rings. The van der Waals surface area contributed by atoms with Gasteiger partial charge >= 0.3 is 5.97 Å². The number of benzene rings is 2. The van der Waals surface area contributed by atoms with Crippen molar-refractivity contribution < 1.29 is 19.1 Å². The molecular weight excluding hydrogens is 368 g/mol. The molecular formula is C23H30N2O4. The monoisotopic (exact) mass is 398 g/mol. The minimum Gasteiger partial charge on any atom is -0.497 e. The van der Waals surface area contributed by atoms with Gasteiger partial charge in [-0.1, -0.05) is 12.1 Å². The van der Waals surface area contributed by atoms with Crippen LogP contribution in [0.4, 0.5) is 11.4 Å². The highest BCUT2D eigenvalue weighted by molar-refractivity contribution is 5.96. The zero-order valence-corrected chi connectivity index (χ0v) is 17.8. The van der Waals surface area contributed by atoms with Gasteiger partial charge in [0.25, 0.3) is 5.91 Å². The zero-order chi connectivity index (χ0) is 21.4. The molecule has 0 spiro atoms. The fourth-order valence-electron chi connectivity index (χ4n) is 3.21. The molecule has 0 aliphatic heterocycles. The smallest absolute Gasteiger partial charge is 0.328 e. The van der Waals surface area contributed by atoms with Gasteiger partial charge in [-0.15, -0.1) is 0 Å². The van der Waals surface area contributed by atoms with Gasteiger partial charge in [0.1, 0.15) is 11.8 Å². The number of carbonyl (C=O) groups is 2. The molecule has 1 atom stereocenters. The van der Waals surface area contributed by atoms with Gasteiger partial charge in [-0.2, -0.15) is 0 Å². The summed E-state index contributed by atoms with van der Waals surface area (Å²) in [6.07, 6.45) is 0. The molecule has 0 aliphatic rings. The van der Waals surface area contributed by atoms with Gasteiger partial charge in [-0.3, -0.25) is 4.79 Å². The summed E-state index contributed by atoms with van der Waals surface area (Å²) in [5, 5.41) is 0. The molecule has 0 saturated carbocycles. The van der Waals surface area contributed by atoms with Gasteiger partial charge in [0.05, 0.1) is 13.7 Å². The topological polar surface area (TPSA) is 59.1 Å². The predicted octanol–water partition coefficient (Wildman–Crippen LogP) is 4.27. The number of nitrogens with zero attached hydrogens (tertiary/aromatic N) is 2. The van der Waals surface area contributed by atoms with Crippen LogP contribution < -0.4 is 9.64 Å². The van der Waals surface area contributed by atoms with Gasteiger partial charge in [0.2, 0.25) is 0 Å². The van der Waals surface area contributed by atoms with E-state index in [-0.39, 0.29) is 11.9 Å². The SMILES string of the molecule is CCOC(=O)C(C)N(c1cccc(OC)c1)c1cccc(C(=O)N(CC)CC)c1. The van der Waals surface area contributed by atoms with E-state index in [9.17, 15) is 9.59 Å². The average molecular weight is 399 g/mol. The standard InChI is InChI=1S/C23H30N2O4/c1-6-24(7-2)22(26)18-11-9-12-19(15-18)25(17(4)23(27)29-8-3)20-13-10-14-21(16-20)28-5/h9-17H,6-8H2,1-5H3. The quantitative estimate of drug-likeness (QED) is 0.591. The molecule has 2 aromatic rings. The maximum Gasteiger partial charge on any atom is 0.328 e. The van der Waals surface area contributed by atoms with Crippen molar-refractivity contribution in [3.05, 3.63) is 54.1 Å². The molecule has 1 amide bonds. The molecule has 29 heavy (non-hydrogen) atoms. The highest BCUT2D eigenvalue weighted by atomic mass is 16.5. The summed E-state index contributed by atoms with van der Waals surface area (Å²) in [5.74, 6) is 0.306. The lowest BCUT2D eigenvalue weighted by molar-refractivity contribution is -0.144. The molecule has 0 N–H and O–H groups in total. The second-order valence-electron chi connectivity index (χ2n) is 6.53. The first kappa shape index (κ1) is 22.3. The third kappa shape index (κ3) is 5.28. The number of hydrogen-bond donors (Lipinski definition) is 0. The second-order valence-corrected chi connectivity index (χ2v) is 6.53. The number of anilines is 2. The first-order valence-corrected chi connectivity index (χ1v) is 9.95. The van der Waals surface area contributed by atoms with Crippen LogP contribution in [0.1, 0.15) is 38.1 Å². The number of methoxy groups -OCH3 is 1. The van der Waals surface area contributed by atoms with Crippen molar-refractivity contribution in [3.63, 3.8) is 0 Å². The molecule has 1 unspecified atom stereocenters. The Bertz CT molecular complexity index is 833. The fourth-order valence-corrected chi connectivity index (χ4v) is 3.21. The van der Waals surface area contributed by atoms with Crippen LogP contribution in [0.2, 0.25) is 0 Å². The molecule has 2 aromatic carbocycles. The summed E-state index contributed by atoms with van der Waals surface area (Å²) >= 11 is 0. The third-order valence-electron chi connectivity index (χ3n) is 4.77. The minimum atomic E-state index is -0.583. The van der Waals surface area contributed by atoms with Crippen molar-refractivity contribution >= 4 is 23.3 Å². The third-order valence-corrected chi connectivity index (χ3v) is 4.77. The Morgan fingerprint density at radius 3 is 2.17 bits per heavy atom. The Hall–Kier alpha value is -3.02. The molecule has 0 radical (unpaired) electrons. The fraction of sp³-hybridized carbons (Fsp3) is 0.391. The largest absolute Gasteiger partial charge is 0.497 e. The minimum absolute atomic E-state index is 0.0359. The van der Waals surface area contributed by atoms with Crippen molar-refractivity contribution in [1.82, 2.24) is 4.90 Å². The van der Waals surface area contributed by atoms with Gasteiger partial charge in [-0.05, 0) is 58.0 Å². The molecule has 156 valence electrons. The molecule has 0 aromatic heterocycles. The van der Waals surface area contributed by atoms with Crippen molar-refractivity contribution in [1.29, 1.82) is 0 Å². The Morgan fingerprint density at radius 1 is 0.966 bits per heavy atom. The Labute approximate surface area is 173 Å². The van der Waals surface area contributed by atoms with Crippen LogP contribution in [0.5, 0.6) is 5.75 Å². The summed E-state index contributed by atoms with van der Waals surface area (Å²) in [6.45, 7) is 9.06. The Balaban J connectivity index is 2.52. The molecule has 0 aliphatic carbocycles. The molecule has 6 nitrogen and oxygen atoms in total. The van der Waals surface area contributed by atoms with E-state index in [0.29, 0.717) is 31.0 Å². The summed E-state index contributed by atoms with van der Waals surface area (Å²) < 4.78 is 10.6. The van der Waals surface area contributed by atoms with Crippen molar-refractivity contribution in [2.45, 2.75) is 33.7 Å². The first-order valence-electron chi connectivity index (χ1n) is 9.95.